The number of primary amides is 2. The smallest absolute Gasteiger partial charge is 0.305 e. The molecule has 1 fully saturated rings. The molecule has 5 aromatic carbocycles. The molecule has 1 saturated heterocycles. The van der Waals surface area contributed by atoms with Crippen LogP contribution in [0.3, 0.4) is 0 Å². The van der Waals surface area contributed by atoms with Crippen LogP contribution in [0.4, 0.5) is 0 Å². The Kier molecular flexibility index (Phi) is 40.9. The summed E-state index contributed by atoms with van der Waals surface area (Å²) in [5, 5.41) is 65.3. The summed E-state index contributed by atoms with van der Waals surface area (Å²) in [6, 6.07) is 14.4. The molecule has 1 aromatic heterocycles. The van der Waals surface area contributed by atoms with Gasteiger partial charge >= 0.3 is 5.97 Å². The van der Waals surface area contributed by atoms with Crippen molar-refractivity contribution < 1.29 is 102 Å². The Morgan fingerprint density at radius 2 is 0.880 bits per heavy atom. The second kappa shape index (κ2) is 51.1. The fraction of sp³-hybridized carbons (Fsp3) is 0.462. The number of aliphatic carboxylic acids is 1. The van der Waals surface area contributed by atoms with E-state index in [9.17, 15) is 72.9 Å². The van der Waals surface area contributed by atoms with Crippen LogP contribution in [-0.2, 0) is 112 Å². The van der Waals surface area contributed by atoms with Crippen molar-refractivity contribution in [2.24, 2.45) is 35.1 Å². The number of nitrogens with one attached hydrogen (secondary N) is 14. The van der Waals surface area contributed by atoms with Crippen molar-refractivity contribution in [2.45, 2.75) is 212 Å². The molecule has 718 valence electrons. The maximum atomic E-state index is 15.4. The van der Waals surface area contributed by atoms with E-state index in [1.807, 2.05) is 30.3 Å². The van der Waals surface area contributed by atoms with Gasteiger partial charge in [-0.15, -0.1) is 11.8 Å². The van der Waals surface area contributed by atoms with Gasteiger partial charge in [0.2, 0.25) is 100 Å². The molecule has 0 spiro atoms. The molecular weight excluding hydrogens is 1740 g/mol. The van der Waals surface area contributed by atoms with Gasteiger partial charge in [-0.25, -0.2) is 0 Å². The number of fused-ring (bicyclic) bond motifs is 1. The third kappa shape index (κ3) is 33.2. The number of thioether (sulfide) groups is 1. The number of nitrogens with two attached hydrogens (primary N) is 2. The summed E-state index contributed by atoms with van der Waals surface area (Å²) in [4.78, 5) is 264. The average Bonchev–Trinajstić information content (AvgIpc) is 1.51. The first-order chi connectivity index (χ1) is 62.9. The van der Waals surface area contributed by atoms with Gasteiger partial charge in [0.15, 0.2) is 0 Å². The molecule has 21 N–H and O–H groups in total. The first-order valence-electron chi connectivity index (χ1n) is 43.8. The summed E-state index contributed by atoms with van der Waals surface area (Å²) in [6.45, 7) is 14.1. The molecule has 0 saturated carbocycles. The molecule has 14 atom stereocenters. The molecule has 1 aliphatic heterocycles. The number of aromatic hydroxyl groups is 1. The maximum Gasteiger partial charge on any atom is 0.305 e. The van der Waals surface area contributed by atoms with Crippen LogP contribution in [0.5, 0.6) is 5.75 Å². The number of carbonyl (C=O) groups is 18. The number of carbonyl (C=O) groups excluding carboxylic acids is 17. The predicted octanol–water partition coefficient (Wildman–Crippen LogP) is -0.193. The Morgan fingerprint density at radius 1 is 0.459 bits per heavy atom. The molecule has 7 rings (SSSR count). The van der Waals surface area contributed by atoms with E-state index >= 15 is 28.8 Å². The van der Waals surface area contributed by atoms with Crippen LogP contribution in [0.25, 0.3) is 22.0 Å². The first-order valence-corrected chi connectivity index (χ1v) is 45.0. The molecule has 0 bridgehead atoms. The normalized spacial score (nSPS) is 23.1. The van der Waals surface area contributed by atoms with Crippen LogP contribution in [-0.4, -0.2) is 260 Å². The van der Waals surface area contributed by atoms with Crippen LogP contribution < -0.4 is 80.6 Å². The van der Waals surface area contributed by atoms with Gasteiger partial charge in [0, 0.05) is 69.2 Å². The van der Waals surface area contributed by atoms with Crippen LogP contribution in [0.2, 0.25) is 0 Å². The van der Waals surface area contributed by atoms with E-state index in [0.29, 0.717) is 33.2 Å². The highest BCUT2D eigenvalue weighted by molar-refractivity contribution is 8.00. The lowest BCUT2D eigenvalue weighted by Crippen LogP contribution is -2.61. The number of phenolic OH excluding ortho intramolecular Hbond substituents is 1. The fourth-order valence-electron chi connectivity index (χ4n) is 14.6. The lowest BCUT2D eigenvalue weighted by molar-refractivity contribution is -0.147. The van der Waals surface area contributed by atoms with Gasteiger partial charge in [-0.3, -0.25) is 86.3 Å². The number of aliphatic hydroxyl groups excluding tert-OH is 1. The molecule has 0 unspecified atom stereocenters. The Labute approximate surface area is 775 Å². The summed E-state index contributed by atoms with van der Waals surface area (Å²) in [7, 11) is 2.48. The van der Waals surface area contributed by atoms with Crippen molar-refractivity contribution in [3.63, 3.8) is 0 Å². The number of hydrogen-bond acceptors (Lipinski definition) is 21. The van der Waals surface area contributed by atoms with E-state index in [4.69, 9.17) is 11.5 Å². The number of aromatic amines is 1. The van der Waals surface area contributed by atoms with Crippen LogP contribution in [0.15, 0.2) is 140 Å². The summed E-state index contributed by atoms with van der Waals surface area (Å²) in [5.41, 5.74) is 15.1. The highest BCUT2D eigenvalue weighted by Gasteiger charge is 2.41. The lowest BCUT2D eigenvalue weighted by Gasteiger charge is -2.33. The van der Waals surface area contributed by atoms with Crippen LogP contribution >= 0.6 is 11.8 Å². The topological polar surface area (TPSA) is 599 Å². The van der Waals surface area contributed by atoms with E-state index in [-0.39, 0.29) is 43.8 Å². The minimum atomic E-state index is -2.06. The molecule has 17 amide bonds. The Balaban J connectivity index is 1.31. The van der Waals surface area contributed by atoms with Gasteiger partial charge in [-0.2, -0.15) is 0 Å². The molecule has 2 heterocycles. The number of hydrogen-bond donors (Lipinski definition) is 19. The van der Waals surface area contributed by atoms with E-state index in [0.717, 1.165) is 32.7 Å². The Hall–Kier alpha value is -13.8. The number of amides is 17. The number of para-hydroxylation sites is 1. The van der Waals surface area contributed by atoms with Crippen molar-refractivity contribution in [1.29, 1.82) is 0 Å². The summed E-state index contributed by atoms with van der Waals surface area (Å²) < 4.78 is 0. The van der Waals surface area contributed by atoms with E-state index in [1.165, 1.54) is 66.1 Å². The largest absolute Gasteiger partial charge is 0.508 e. The number of aromatic nitrogens is 1. The summed E-state index contributed by atoms with van der Waals surface area (Å²) in [6.07, 6.45) is -2.45. The minimum absolute atomic E-state index is 0.119. The summed E-state index contributed by atoms with van der Waals surface area (Å²) in [5.74, 6) is -22.4. The van der Waals surface area contributed by atoms with E-state index in [2.05, 4.69) is 74.1 Å². The SMILES string of the molecule is CC(C)C[C@@H]1NC(=O)[C@H](Cc2c[nH]c3ccccc23)NC(=O)[C@H](CC(=O)O)NC(=O)[C@H](Cc2ccc(O)cc2)NC(=O)[C@H](Cc2ccccc2)NC(=O)CSC[C@@H](C(=O)N[C@@H](C)C(N)=O)NC(=O)[C@H](CCO)NC(=O)[C@H](C(C)C)NC(=O)[C@H](CC(C)C)NC(=O)[C@H](CC(N)=O)NC(=O)CN(C)C(=O)[C@H](C)N(C)C(=O)[C@H](C(C)C)NC(=O)[C@H](Cc2ccc(-c3ccccc3)cc2)NC1=O. The monoisotopic (exact) mass is 1860 g/mol. The average molecular weight is 1860 g/mol. The number of benzene rings is 5. The zero-order valence-corrected chi connectivity index (χ0v) is 77.3. The highest BCUT2D eigenvalue weighted by Crippen LogP contribution is 2.24. The van der Waals surface area contributed by atoms with Gasteiger partial charge in [0.05, 0.1) is 25.1 Å². The zero-order valence-electron chi connectivity index (χ0n) is 76.5. The van der Waals surface area contributed by atoms with E-state index < -0.39 is 259 Å². The van der Waals surface area contributed by atoms with E-state index in [1.54, 1.807) is 127 Å². The number of likely N-dealkylation sites (N-methyl/N-ethyl adjacent to an activating group) is 2. The quantitative estimate of drug-likeness (QED) is 0.0373. The third-order valence-electron chi connectivity index (χ3n) is 22.1. The van der Waals surface area contributed by atoms with Gasteiger partial charge in [-0.05, 0) is 108 Å². The third-order valence-corrected chi connectivity index (χ3v) is 23.1. The van der Waals surface area contributed by atoms with Crippen molar-refractivity contribution in [3.8, 4) is 16.9 Å². The van der Waals surface area contributed by atoms with Gasteiger partial charge in [0.25, 0.3) is 0 Å². The van der Waals surface area contributed by atoms with Crippen LogP contribution in [0.1, 0.15) is 124 Å². The van der Waals surface area contributed by atoms with Crippen molar-refractivity contribution in [2.75, 3.05) is 38.8 Å². The molecule has 40 heteroatoms. The molecule has 1 aliphatic rings. The Bertz CT molecular complexity index is 5100. The number of H-pyrrole nitrogens is 1. The molecule has 39 nitrogen and oxygen atoms in total. The Morgan fingerprint density at radius 3 is 1.40 bits per heavy atom. The number of nitrogens with zero attached hydrogens (tertiary/aromatic N) is 2. The molecule has 133 heavy (non-hydrogen) atoms. The number of rotatable bonds is 24. The zero-order chi connectivity index (χ0) is 98.2. The molecule has 0 aliphatic carbocycles. The standard InChI is InChI=1S/C93H124N18O21S/c1-49(2)37-65-82(121)104-69(40-56-27-31-59(32-28-56)58-23-17-14-18-24-58)89(128)109-79(52(7)8)93(132)111(12)54(10)92(131)110(11)46-75(115)98-71(43-74(94)114)86(125)102-66(38-50(3)4)88(127)108-78(51(5)6)91(130)100-64(35-36-112)81(120)107-73(90(129)97-53(9)80(95)119)47-133-48-76(116)99-67(39-55-21-15-13-16-22-55)83(122)103-68(41-57-29-33-61(113)34-30-57)84(123)106-72(44-77(117)118)87(126)105-70(85(124)101-65)42-60-45-96-63-26-20-19-25-62(60)63/h13-34,45,49-54,64-73,78-79,96,112-113H,35-44,46-48H2,1-12H3,(H2,94,114)(H2,95,119)(H,97,129)(H,98,115)(H,99,116)(H,100,130)(H,101,124)(H,102,125)(H,103,122)(H,104,121)(H,105,126)(H,106,123)(H,107,120)(H,108,127)(H,109,128)(H,117,118)/t53-,54-,64-,65-,66-,67-,68-,69-,70-,71-,72-,73-,78-,79-/m0/s1. The molecule has 0 radical (unpaired) electrons. The van der Waals surface area contributed by atoms with Crippen molar-refractivity contribution in [1.82, 2.24) is 83.9 Å². The van der Waals surface area contributed by atoms with Crippen molar-refractivity contribution in [3.05, 3.63) is 162 Å². The molecular formula is C93H124N18O21S. The lowest BCUT2D eigenvalue weighted by atomic mass is 9.97. The minimum Gasteiger partial charge on any atom is -0.508 e. The second-order valence-electron chi connectivity index (χ2n) is 34.6. The number of carboxylic acids is 1. The number of carboxylic acid groups (broad SMARTS) is 1. The number of aliphatic hydroxyl groups is 1. The second-order valence-corrected chi connectivity index (χ2v) is 35.6. The molecule has 6 aromatic rings. The number of phenols is 1. The van der Waals surface area contributed by atoms with Gasteiger partial charge in [0.1, 0.15) is 90.3 Å². The maximum absolute atomic E-state index is 15.4. The first kappa shape index (κ1) is 106. The van der Waals surface area contributed by atoms with Crippen molar-refractivity contribution >= 4 is 129 Å². The van der Waals surface area contributed by atoms with Gasteiger partial charge < -0.3 is 111 Å². The summed E-state index contributed by atoms with van der Waals surface area (Å²) >= 11 is 0.721. The predicted molar refractivity (Wildman–Crippen MR) is 493 cm³/mol. The fourth-order valence-corrected chi connectivity index (χ4v) is 15.5. The van der Waals surface area contributed by atoms with Crippen LogP contribution in [0, 0.1) is 23.7 Å². The highest BCUT2D eigenvalue weighted by atomic mass is 32.2. The van der Waals surface area contributed by atoms with Gasteiger partial charge in [-0.1, -0.05) is 171 Å².